The third-order valence-corrected chi connectivity index (χ3v) is 5.62. The molecule has 132 valence electrons. The van der Waals surface area contributed by atoms with Crippen molar-refractivity contribution in [1.29, 1.82) is 0 Å². The third kappa shape index (κ3) is 4.98. The number of aromatic nitrogens is 2. The Kier molecular flexibility index (Phi) is 6.53. The van der Waals surface area contributed by atoms with Crippen LogP contribution in [0.1, 0.15) is 0 Å². The topological polar surface area (TPSA) is 54.9 Å². The number of hydrogen-bond acceptors (Lipinski definition) is 4. The van der Waals surface area contributed by atoms with E-state index in [2.05, 4.69) is 31.4 Å². The van der Waals surface area contributed by atoms with Gasteiger partial charge in [-0.1, -0.05) is 69.1 Å². The molecule has 1 amide bonds. The smallest absolute Gasteiger partial charge is 0.234 e. The molecule has 0 atom stereocenters. The van der Waals surface area contributed by atoms with Crippen LogP contribution in [0.15, 0.2) is 64.1 Å². The number of carbonyl (C=O) groups is 1. The zero-order chi connectivity index (χ0) is 18.5. The van der Waals surface area contributed by atoms with E-state index in [-0.39, 0.29) is 11.7 Å². The molecule has 1 aromatic heterocycles. The van der Waals surface area contributed by atoms with Crippen LogP contribution in [-0.4, -0.2) is 21.9 Å². The zero-order valence-corrected chi connectivity index (χ0v) is 17.2. The fourth-order valence-electron chi connectivity index (χ4n) is 2.10. The van der Waals surface area contributed by atoms with Crippen LogP contribution in [0.3, 0.4) is 0 Å². The van der Waals surface area contributed by atoms with Gasteiger partial charge in [0, 0.05) is 10.0 Å². The molecule has 4 nitrogen and oxygen atoms in total. The molecule has 0 aliphatic carbocycles. The van der Waals surface area contributed by atoms with Gasteiger partial charge in [-0.3, -0.25) is 4.79 Å². The molecule has 3 aromatic rings. The number of halogens is 3. The zero-order valence-electron chi connectivity index (χ0n) is 13.2. The van der Waals surface area contributed by atoms with Gasteiger partial charge >= 0.3 is 0 Å². The molecule has 26 heavy (non-hydrogen) atoms. The lowest BCUT2D eigenvalue weighted by Gasteiger charge is -2.08. The summed E-state index contributed by atoms with van der Waals surface area (Å²) in [6, 6.07) is 16.6. The Morgan fingerprint density at radius 1 is 1.04 bits per heavy atom. The average Bonchev–Trinajstić information content (AvgIpc) is 2.65. The molecule has 0 spiro atoms. The van der Waals surface area contributed by atoms with Crippen LogP contribution in [0, 0.1) is 0 Å². The van der Waals surface area contributed by atoms with Gasteiger partial charge in [-0.05, 0) is 36.4 Å². The number of anilines is 1. The molecular weight excluding hydrogens is 457 g/mol. The van der Waals surface area contributed by atoms with E-state index in [9.17, 15) is 4.79 Å². The fraction of sp³-hybridized carbons (Fsp3) is 0.0556. The van der Waals surface area contributed by atoms with Gasteiger partial charge < -0.3 is 5.32 Å². The Hall–Kier alpha value is -1.60. The Morgan fingerprint density at radius 3 is 2.50 bits per heavy atom. The molecule has 1 heterocycles. The predicted octanol–water partition coefficient (Wildman–Crippen LogP) is 5.94. The molecule has 0 unspecified atom stereocenters. The number of thioether (sulfide) groups is 1. The number of benzene rings is 2. The number of nitrogens with one attached hydrogen (secondary N) is 1. The van der Waals surface area contributed by atoms with Crippen molar-refractivity contribution in [3.05, 3.63) is 69.1 Å². The van der Waals surface area contributed by atoms with Crippen molar-refractivity contribution in [2.45, 2.75) is 5.03 Å². The number of amides is 1. The predicted molar refractivity (Wildman–Crippen MR) is 111 cm³/mol. The number of rotatable bonds is 5. The fourth-order valence-corrected chi connectivity index (χ4v) is 3.32. The van der Waals surface area contributed by atoms with E-state index < -0.39 is 0 Å². The summed E-state index contributed by atoms with van der Waals surface area (Å²) in [5.74, 6) is -0.00670. The Bertz CT molecular complexity index is 921. The van der Waals surface area contributed by atoms with E-state index in [0.717, 1.165) is 15.7 Å². The summed E-state index contributed by atoms with van der Waals surface area (Å²) in [7, 11) is 0. The highest BCUT2D eigenvalue weighted by Gasteiger charge is 2.10. The van der Waals surface area contributed by atoms with Gasteiger partial charge in [0.25, 0.3) is 0 Å². The first-order chi connectivity index (χ1) is 12.5. The van der Waals surface area contributed by atoms with Gasteiger partial charge in [0.15, 0.2) is 0 Å². The molecule has 0 aliphatic heterocycles. The summed E-state index contributed by atoms with van der Waals surface area (Å²) in [6.07, 6.45) is 0. The Balaban J connectivity index is 1.58. The molecule has 1 N–H and O–H groups in total. The van der Waals surface area contributed by atoms with E-state index in [1.807, 2.05) is 36.4 Å². The van der Waals surface area contributed by atoms with Crippen molar-refractivity contribution in [1.82, 2.24) is 10.2 Å². The average molecular weight is 469 g/mol. The molecule has 3 rings (SSSR count). The van der Waals surface area contributed by atoms with E-state index in [4.69, 9.17) is 23.2 Å². The van der Waals surface area contributed by atoms with E-state index in [0.29, 0.717) is 20.8 Å². The molecule has 0 radical (unpaired) electrons. The molecular formula is C18H12BrCl2N3OS. The van der Waals surface area contributed by atoms with Gasteiger partial charge in [-0.25, -0.2) is 0 Å². The molecule has 0 bridgehead atoms. The summed E-state index contributed by atoms with van der Waals surface area (Å²) < 4.78 is 1.01. The minimum absolute atomic E-state index is 0.190. The van der Waals surface area contributed by atoms with Crippen LogP contribution in [0.2, 0.25) is 10.0 Å². The molecule has 0 aliphatic rings. The van der Waals surface area contributed by atoms with E-state index in [1.165, 1.54) is 11.8 Å². The van der Waals surface area contributed by atoms with Gasteiger partial charge in [0.05, 0.1) is 27.2 Å². The molecule has 0 saturated carbocycles. The molecule has 0 fully saturated rings. The van der Waals surface area contributed by atoms with Crippen LogP contribution < -0.4 is 5.32 Å². The lowest BCUT2D eigenvalue weighted by molar-refractivity contribution is -0.113. The number of nitrogens with zero attached hydrogens (tertiary/aromatic N) is 2. The summed E-state index contributed by atoms with van der Waals surface area (Å²) in [5.41, 5.74) is 2.24. The minimum atomic E-state index is -0.196. The highest BCUT2D eigenvalue weighted by atomic mass is 79.9. The number of carbonyl (C=O) groups excluding carboxylic acids is 1. The molecule has 8 heteroatoms. The third-order valence-electron chi connectivity index (χ3n) is 3.36. The second-order valence-corrected chi connectivity index (χ2v) is 7.90. The van der Waals surface area contributed by atoms with Crippen molar-refractivity contribution in [3.63, 3.8) is 0 Å². The second-order valence-electron chi connectivity index (χ2n) is 5.20. The first-order valence-corrected chi connectivity index (χ1v) is 10.0. The van der Waals surface area contributed by atoms with Crippen molar-refractivity contribution >= 4 is 62.5 Å². The van der Waals surface area contributed by atoms with E-state index in [1.54, 1.807) is 18.2 Å². The number of hydrogen-bond donors (Lipinski definition) is 1. The molecule has 0 saturated heterocycles. The van der Waals surface area contributed by atoms with Crippen LogP contribution in [0.5, 0.6) is 0 Å². The summed E-state index contributed by atoms with van der Waals surface area (Å²) >= 11 is 16.7. The van der Waals surface area contributed by atoms with Crippen LogP contribution in [-0.2, 0) is 4.79 Å². The summed E-state index contributed by atoms with van der Waals surface area (Å²) in [4.78, 5) is 12.1. The van der Waals surface area contributed by atoms with Gasteiger partial charge in [-0.2, -0.15) is 0 Å². The Morgan fingerprint density at radius 2 is 1.81 bits per heavy atom. The summed E-state index contributed by atoms with van der Waals surface area (Å²) in [5, 5.41) is 12.5. The quantitative estimate of drug-likeness (QED) is 0.470. The largest absolute Gasteiger partial charge is 0.324 e. The van der Waals surface area contributed by atoms with Crippen molar-refractivity contribution < 1.29 is 4.79 Å². The highest BCUT2D eigenvalue weighted by molar-refractivity contribution is 9.10. The van der Waals surface area contributed by atoms with Crippen LogP contribution >= 0.6 is 50.9 Å². The Labute approximate surface area is 173 Å². The van der Waals surface area contributed by atoms with Crippen LogP contribution in [0.4, 0.5) is 5.69 Å². The van der Waals surface area contributed by atoms with Gasteiger partial charge in [0.1, 0.15) is 5.03 Å². The van der Waals surface area contributed by atoms with Crippen molar-refractivity contribution in [3.8, 4) is 11.3 Å². The molecule has 2 aromatic carbocycles. The second kappa shape index (κ2) is 8.86. The summed E-state index contributed by atoms with van der Waals surface area (Å²) in [6.45, 7) is 0. The van der Waals surface area contributed by atoms with Gasteiger partial charge in [-0.15, -0.1) is 10.2 Å². The standard InChI is InChI=1S/C18H12BrCl2N3OS/c19-12-6-4-11(5-7-12)14-8-9-17(24-23-14)26-10-16(25)22-15-3-1-2-13(20)18(15)21/h1-9H,10H2,(H,22,25). The van der Waals surface area contributed by atoms with E-state index >= 15 is 0 Å². The maximum Gasteiger partial charge on any atom is 0.234 e. The minimum Gasteiger partial charge on any atom is -0.324 e. The highest BCUT2D eigenvalue weighted by Crippen LogP contribution is 2.29. The van der Waals surface area contributed by atoms with Crippen molar-refractivity contribution in [2.24, 2.45) is 0 Å². The van der Waals surface area contributed by atoms with Gasteiger partial charge in [0.2, 0.25) is 5.91 Å². The maximum atomic E-state index is 12.1. The first-order valence-electron chi connectivity index (χ1n) is 7.49. The van der Waals surface area contributed by atoms with Crippen LogP contribution in [0.25, 0.3) is 11.3 Å². The maximum absolute atomic E-state index is 12.1. The first kappa shape index (κ1) is 19.2. The lowest BCUT2D eigenvalue weighted by Crippen LogP contribution is -2.14. The normalized spacial score (nSPS) is 10.6. The monoisotopic (exact) mass is 467 g/mol. The van der Waals surface area contributed by atoms with Crippen molar-refractivity contribution in [2.75, 3.05) is 11.1 Å². The lowest BCUT2D eigenvalue weighted by atomic mass is 10.1. The SMILES string of the molecule is O=C(CSc1ccc(-c2ccc(Br)cc2)nn1)Nc1cccc(Cl)c1Cl.